The van der Waals surface area contributed by atoms with Gasteiger partial charge in [0.2, 0.25) is 0 Å². The molecule has 1 N–H and O–H groups in total. The van der Waals surface area contributed by atoms with Crippen molar-refractivity contribution in [2.75, 3.05) is 27.2 Å². The highest BCUT2D eigenvalue weighted by Gasteiger charge is 2.30. The Hall–Kier alpha value is -0.875. The third-order valence-electron chi connectivity index (χ3n) is 3.06. The van der Waals surface area contributed by atoms with Crippen LogP contribution in [-0.2, 0) is 22.5 Å². The fourth-order valence-corrected chi connectivity index (χ4v) is 2.06. The lowest BCUT2D eigenvalue weighted by molar-refractivity contribution is 0.202. The first-order valence-corrected chi connectivity index (χ1v) is 6.31. The maximum atomic E-state index is 9.14. The largest absolute Gasteiger partial charge is 0.494 e. The van der Waals surface area contributed by atoms with Crippen LogP contribution in [0.1, 0.15) is 17.5 Å². The van der Waals surface area contributed by atoms with Gasteiger partial charge in [0, 0.05) is 6.61 Å². The molecule has 0 saturated heterocycles. The molecule has 1 heterocycles. The maximum absolute atomic E-state index is 9.14. The molecule has 5 heteroatoms. The molecule has 1 aliphatic rings. The molecule has 0 spiro atoms. The van der Waals surface area contributed by atoms with Gasteiger partial charge in [0.15, 0.2) is 0 Å². The first-order chi connectivity index (χ1) is 8.70. The molecule has 18 heavy (non-hydrogen) atoms. The van der Waals surface area contributed by atoms with Crippen molar-refractivity contribution in [2.45, 2.75) is 19.6 Å². The van der Waals surface area contributed by atoms with Gasteiger partial charge in [-0.3, -0.25) is 0 Å². The number of hydrogen-bond donors (Lipinski definition) is 1. The first-order valence-electron chi connectivity index (χ1n) is 6.31. The summed E-state index contributed by atoms with van der Waals surface area (Å²) in [5.74, 6) is 0. The lowest BCUT2D eigenvalue weighted by Crippen LogP contribution is -2.33. The second-order valence-electron chi connectivity index (χ2n) is 4.86. The molecule has 1 aromatic carbocycles. The van der Waals surface area contributed by atoms with Gasteiger partial charge < -0.3 is 19.3 Å². The van der Waals surface area contributed by atoms with Gasteiger partial charge in [-0.2, -0.15) is 0 Å². The molecular weight excluding hydrogens is 229 g/mol. The Labute approximate surface area is 109 Å². The lowest BCUT2D eigenvalue weighted by atomic mass is 9.78. The number of nitrogens with zero attached hydrogens (tertiary/aromatic N) is 1. The van der Waals surface area contributed by atoms with Gasteiger partial charge >= 0.3 is 7.12 Å². The minimum absolute atomic E-state index is 0.0562. The molecule has 0 aromatic heterocycles. The molecule has 2 rings (SSSR count). The summed E-state index contributed by atoms with van der Waals surface area (Å²) in [6, 6.07) is 5.90. The molecule has 0 unspecified atom stereocenters. The van der Waals surface area contributed by atoms with Crippen molar-refractivity contribution in [3.63, 3.8) is 0 Å². The Morgan fingerprint density at radius 3 is 3.00 bits per heavy atom. The van der Waals surface area contributed by atoms with Crippen molar-refractivity contribution in [2.24, 2.45) is 0 Å². The molecule has 0 radical (unpaired) electrons. The van der Waals surface area contributed by atoms with Crippen LogP contribution in [0.15, 0.2) is 18.2 Å². The Kier molecular flexibility index (Phi) is 4.77. The predicted octanol–water partition coefficient (Wildman–Crippen LogP) is 0.373. The van der Waals surface area contributed by atoms with Gasteiger partial charge in [-0.25, -0.2) is 0 Å². The third-order valence-corrected chi connectivity index (χ3v) is 3.06. The predicted molar refractivity (Wildman–Crippen MR) is 71.7 cm³/mol. The van der Waals surface area contributed by atoms with Crippen LogP contribution in [0, 0.1) is 0 Å². The van der Waals surface area contributed by atoms with Crippen LogP contribution in [0.3, 0.4) is 0 Å². The fraction of sp³-hybridized carbons (Fsp3) is 0.538. The van der Waals surface area contributed by atoms with Crippen LogP contribution in [0.25, 0.3) is 0 Å². The Morgan fingerprint density at radius 2 is 2.28 bits per heavy atom. The van der Waals surface area contributed by atoms with E-state index in [-0.39, 0.29) is 13.7 Å². The molecular formula is C13H20BNO3. The van der Waals surface area contributed by atoms with Crippen molar-refractivity contribution < 1.29 is 14.4 Å². The van der Waals surface area contributed by atoms with Gasteiger partial charge in [-0.1, -0.05) is 18.2 Å². The molecule has 0 bridgehead atoms. The van der Waals surface area contributed by atoms with E-state index in [4.69, 9.17) is 14.4 Å². The minimum Gasteiger partial charge on any atom is -0.407 e. The standard InChI is InChI=1S/C13H20BNO3/c1-15(2)6-3-7-17-14-13-8-11(9-16)4-5-12(13)10-18-14/h4-5,8,16H,3,6-7,9-10H2,1-2H3. The van der Waals surface area contributed by atoms with Crippen LogP contribution < -0.4 is 5.46 Å². The molecule has 4 nitrogen and oxygen atoms in total. The van der Waals surface area contributed by atoms with E-state index in [0.29, 0.717) is 13.2 Å². The van der Waals surface area contributed by atoms with Crippen LogP contribution in [0.4, 0.5) is 0 Å². The number of fused-ring (bicyclic) bond motifs is 1. The van der Waals surface area contributed by atoms with E-state index >= 15 is 0 Å². The van der Waals surface area contributed by atoms with Crippen LogP contribution >= 0.6 is 0 Å². The highest BCUT2D eigenvalue weighted by atomic mass is 16.6. The van der Waals surface area contributed by atoms with Gasteiger partial charge in [0.25, 0.3) is 0 Å². The minimum atomic E-state index is -0.270. The normalized spacial score (nSPS) is 14.3. The van der Waals surface area contributed by atoms with E-state index in [0.717, 1.165) is 29.6 Å². The summed E-state index contributed by atoms with van der Waals surface area (Å²) in [4.78, 5) is 2.14. The summed E-state index contributed by atoms with van der Waals surface area (Å²) in [6.45, 7) is 2.35. The lowest BCUT2D eigenvalue weighted by Gasteiger charge is -2.11. The van der Waals surface area contributed by atoms with Crippen LogP contribution in [0.2, 0.25) is 0 Å². The summed E-state index contributed by atoms with van der Waals surface area (Å²) < 4.78 is 11.4. The average molecular weight is 249 g/mol. The topological polar surface area (TPSA) is 41.9 Å². The maximum Gasteiger partial charge on any atom is 0.494 e. The zero-order valence-electron chi connectivity index (χ0n) is 11.1. The van der Waals surface area contributed by atoms with E-state index in [2.05, 4.69) is 19.0 Å². The number of hydrogen-bond acceptors (Lipinski definition) is 4. The molecule has 1 aromatic rings. The Bertz CT molecular complexity index is 398. The fourth-order valence-electron chi connectivity index (χ4n) is 2.06. The second-order valence-corrected chi connectivity index (χ2v) is 4.86. The van der Waals surface area contributed by atoms with E-state index in [9.17, 15) is 0 Å². The number of aliphatic hydroxyl groups is 1. The Balaban J connectivity index is 1.90. The Morgan fingerprint density at radius 1 is 1.44 bits per heavy atom. The summed E-state index contributed by atoms with van der Waals surface area (Å²) >= 11 is 0. The smallest absolute Gasteiger partial charge is 0.407 e. The van der Waals surface area contributed by atoms with Crippen molar-refractivity contribution in [1.29, 1.82) is 0 Å². The van der Waals surface area contributed by atoms with E-state index in [1.54, 1.807) is 0 Å². The van der Waals surface area contributed by atoms with E-state index in [1.165, 1.54) is 0 Å². The summed E-state index contributed by atoms with van der Waals surface area (Å²) in [5, 5.41) is 9.14. The van der Waals surface area contributed by atoms with Gasteiger partial charge in [-0.05, 0) is 43.7 Å². The van der Waals surface area contributed by atoms with Crippen molar-refractivity contribution in [3.8, 4) is 0 Å². The van der Waals surface area contributed by atoms with Crippen molar-refractivity contribution in [1.82, 2.24) is 4.90 Å². The zero-order valence-corrected chi connectivity index (χ0v) is 11.1. The molecule has 0 amide bonds. The SMILES string of the molecule is CN(C)CCCOB1OCc2ccc(CO)cc21. The van der Waals surface area contributed by atoms with Crippen molar-refractivity contribution >= 4 is 12.6 Å². The number of benzene rings is 1. The summed E-state index contributed by atoms with van der Waals surface area (Å²) in [6.07, 6.45) is 0.988. The summed E-state index contributed by atoms with van der Waals surface area (Å²) in [5.41, 5.74) is 3.12. The molecule has 0 fully saturated rings. The average Bonchev–Trinajstić information content (AvgIpc) is 2.76. The zero-order chi connectivity index (χ0) is 13.0. The summed E-state index contributed by atoms with van der Waals surface area (Å²) in [7, 11) is 3.83. The van der Waals surface area contributed by atoms with Gasteiger partial charge in [0.05, 0.1) is 13.2 Å². The third kappa shape index (κ3) is 3.33. The molecule has 0 aliphatic carbocycles. The molecule has 98 valence electrons. The molecule has 0 saturated carbocycles. The molecule has 0 atom stereocenters. The quantitative estimate of drug-likeness (QED) is 0.584. The monoisotopic (exact) mass is 249 g/mol. The second kappa shape index (κ2) is 6.34. The van der Waals surface area contributed by atoms with Crippen LogP contribution in [-0.4, -0.2) is 44.4 Å². The molecule has 1 aliphatic heterocycles. The number of rotatable bonds is 6. The van der Waals surface area contributed by atoms with E-state index < -0.39 is 0 Å². The van der Waals surface area contributed by atoms with Gasteiger partial charge in [0.1, 0.15) is 0 Å². The van der Waals surface area contributed by atoms with Gasteiger partial charge in [-0.15, -0.1) is 0 Å². The van der Waals surface area contributed by atoms with Crippen LogP contribution in [0.5, 0.6) is 0 Å². The first kappa shape index (κ1) is 13.6. The number of aliphatic hydroxyl groups excluding tert-OH is 1. The van der Waals surface area contributed by atoms with Crippen molar-refractivity contribution in [3.05, 3.63) is 29.3 Å². The highest BCUT2D eigenvalue weighted by molar-refractivity contribution is 6.62. The highest BCUT2D eigenvalue weighted by Crippen LogP contribution is 2.13. The van der Waals surface area contributed by atoms with E-state index in [1.807, 2.05) is 18.2 Å².